The van der Waals surface area contributed by atoms with Gasteiger partial charge in [0.05, 0.1) is 17.8 Å². The van der Waals surface area contributed by atoms with Gasteiger partial charge in [0.25, 0.3) is 0 Å². The van der Waals surface area contributed by atoms with Crippen LogP contribution in [0.5, 0.6) is 0 Å². The Morgan fingerprint density at radius 1 is 1.33 bits per heavy atom. The number of carbonyl (C=O) groups excluding carboxylic acids is 1. The summed E-state index contributed by atoms with van der Waals surface area (Å²) in [5.74, 6) is 0. The molecular formula is C17H20N2OS. The topological polar surface area (TPSA) is 34.9 Å². The van der Waals surface area contributed by atoms with Crippen LogP contribution in [0.15, 0.2) is 29.2 Å². The fraction of sp³-hybridized carbons (Fsp3) is 0.412. The van der Waals surface area contributed by atoms with Crippen LogP contribution in [-0.4, -0.2) is 21.3 Å². The number of thioether (sulfide) groups is 1. The highest BCUT2D eigenvalue weighted by Crippen LogP contribution is 2.37. The second-order valence-electron chi connectivity index (χ2n) is 5.37. The van der Waals surface area contributed by atoms with Gasteiger partial charge in [-0.05, 0) is 30.9 Å². The summed E-state index contributed by atoms with van der Waals surface area (Å²) in [5, 5.41) is 5.18. The van der Waals surface area contributed by atoms with E-state index in [1.54, 1.807) is 0 Å². The maximum Gasteiger partial charge on any atom is 0.153 e. The molecule has 1 aromatic carbocycles. The van der Waals surface area contributed by atoms with Gasteiger partial charge < -0.3 is 0 Å². The van der Waals surface area contributed by atoms with E-state index in [-0.39, 0.29) is 0 Å². The molecule has 1 aliphatic heterocycles. The Bertz CT molecular complexity index is 638. The lowest BCUT2D eigenvalue weighted by Gasteiger charge is -2.11. The number of carbonyl (C=O) groups is 1. The third-order valence-electron chi connectivity index (χ3n) is 4.05. The molecule has 0 saturated heterocycles. The summed E-state index contributed by atoms with van der Waals surface area (Å²) in [6.45, 7) is 5.03. The van der Waals surface area contributed by atoms with Gasteiger partial charge in [-0.15, -0.1) is 11.8 Å². The normalized spacial score (nSPS) is 17.0. The van der Waals surface area contributed by atoms with E-state index in [0.29, 0.717) is 5.25 Å². The largest absolute Gasteiger partial charge is 0.298 e. The Morgan fingerprint density at radius 2 is 2.14 bits per heavy atom. The summed E-state index contributed by atoms with van der Waals surface area (Å²) in [7, 11) is 0. The Labute approximate surface area is 129 Å². The van der Waals surface area contributed by atoms with Crippen LogP contribution in [0.1, 0.15) is 41.2 Å². The molecule has 0 saturated carbocycles. The molecule has 0 radical (unpaired) electrons. The maximum atomic E-state index is 11.3. The van der Waals surface area contributed by atoms with Crippen LogP contribution in [0, 0.1) is 0 Å². The van der Waals surface area contributed by atoms with E-state index in [4.69, 9.17) is 0 Å². The van der Waals surface area contributed by atoms with Crippen molar-refractivity contribution in [3.8, 4) is 0 Å². The molecule has 4 heteroatoms. The van der Waals surface area contributed by atoms with E-state index in [2.05, 4.69) is 47.9 Å². The third kappa shape index (κ3) is 2.64. The van der Waals surface area contributed by atoms with E-state index in [1.165, 1.54) is 10.5 Å². The number of aromatic nitrogens is 2. The van der Waals surface area contributed by atoms with E-state index in [1.807, 2.05) is 11.8 Å². The minimum Gasteiger partial charge on any atom is -0.298 e. The monoisotopic (exact) mass is 300 g/mol. The van der Waals surface area contributed by atoms with Crippen molar-refractivity contribution >= 4 is 18.0 Å². The number of hydrogen-bond donors (Lipinski definition) is 0. The fourth-order valence-corrected chi connectivity index (χ4v) is 4.33. The van der Waals surface area contributed by atoms with Crippen molar-refractivity contribution < 1.29 is 4.79 Å². The summed E-state index contributed by atoms with van der Waals surface area (Å²) in [6, 6.07) is 8.60. The van der Waals surface area contributed by atoms with Crippen molar-refractivity contribution in [1.29, 1.82) is 0 Å². The number of benzene rings is 1. The molecule has 3 rings (SSSR count). The zero-order chi connectivity index (χ0) is 14.8. The first kappa shape index (κ1) is 14.4. The molecule has 0 spiro atoms. The molecule has 0 bridgehead atoms. The first-order chi connectivity index (χ1) is 10.3. The quantitative estimate of drug-likeness (QED) is 0.792. The second-order valence-corrected chi connectivity index (χ2v) is 6.71. The van der Waals surface area contributed by atoms with Crippen molar-refractivity contribution in [2.24, 2.45) is 0 Å². The zero-order valence-electron chi connectivity index (χ0n) is 12.5. The lowest BCUT2D eigenvalue weighted by molar-refractivity contribution is 0.112. The Balaban J connectivity index is 1.83. The van der Waals surface area contributed by atoms with Crippen molar-refractivity contribution in [2.45, 2.75) is 49.8 Å². The highest BCUT2D eigenvalue weighted by molar-refractivity contribution is 8.00. The van der Waals surface area contributed by atoms with Crippen molar-refractivity contribution in [2.75, 3.05) is 0 Å². The zero-order valence-corrected chi connectivity index (χ0v) is 13.3. The van der Waals surface area contributed by atoms with Crippen LogP contribution in [0.3, 0.4) is 0 Å². The second kappa shape index (κ2) is 6.06. The van der Waals surface area contributed by atoms with Gasteiger partial charge in [0.1, 0.15) is 0 Å². The summed E-state index contributed by atoms with van der Waals surface area (Å²) in [4.78, 5) is 12.7. The smallest absolute Gasteiger partial charge is 0.153 e. The van der Waals surface area contributed by atoms with E-state index >= 15 is 0 Å². The molecule has 0 N–H and O–H groups in total. The van der Waals surface area contributed by atoms with Crippen LogP contribution in [0.25, 0.3) is 0 Å². The predicted molar refractivity (Wildman–Crippen MR) is 86.2 cm³/mol. The fourth-order valence-electron chi connectivity index (χ4n) is 3.04. The van der Waals surface area contributed by atoms with Crippen LogP contribution >= 0.6 is 11.8 Å². The molecule has 110 valence electrons. The molecule has 2 aromatic rings. The molecule has 1 aliphatic rings. The summed E-state index contributed by atoms with van der Waals surface area (Å²) >= 11 is 1.93. The van der Waals surface area contributed by atoms with Crippen LogP contribution in [0.2, 0.25) is 0 Å². The standard InChI is InChI=1S/C17H20N2OS/c1-3-15-14(11-20)16(4-2)19(18-15)10-13-9-12-7-5-6-8-17(12)21-13/h5-8,11,13H,3-4,9-10H2,1-2H3. The molecule has 21 heavy (non-hydrogen) atoms. The third-order valence-corrected chi connectivity index (χ3v) is 5.35. The molecule has 0 amide bonds. The SMILES string of the molecule is CCc1nn(CC2Cc3ccccc3S2)c(CC)c1C=O. The molecule has 2 heterocycles. The molecule has 0 aliphatic carbocycles. The van der Waals surface area contributed by atoms with E-state index in [0.717, 1.165) is 49.0 Å². The van der Waals surface area contributed by atoms with Crippen molar-refractivity contribution in [1.82, 2.24) is 9.78 Å². The van der Waals surface area contributed by atoms with E-state index in [9.17, 15) is 4.79 Å². The van der Waals surface area contributed by atoms with E-state index < -0.39 is 0 Å². The Kier molecular flexibility index (Phi) is 4.15. The highest BCUT2D eigenvalue weighted by Gasteiger charge is 2.24. The predicted octanol–water partition coefficient (Wildman–Crippen LogP) is 3.54. The molecule has 1 atom stereocenters. The molecular weight excluding hydrogens is 280 g/mol. The van der Waals surface area contributed by atoms with Crippen LogP contribution in [-0.2, 0) is 25.8 Å². The lowest BCUT2D eigenvalue weighted by atomic mass is 10.1. The summed E-state index contributed by atoms with van der Waals surface area (Å²) in [5.41, 5.74) is 4.25. The minimum absolute atomic E-state index is 0.511. The number of fused-ring (bicyclic) bond motifs is 1. The summed E-state index contributed by atoms with van der Waals surface area (Å²) in [6.07, 6.45) is 3.72. The van der Waals surface area contributed by atoms with Gasteiger partial charge in [0.15, 0.2) is 6.29 Å². The Hall–Kier alpha value is -1.55. The van der Waals surface area contributed by atoms with Gasteiger partial charge in [0.2, 0.25) is 0 Å². The number of nitrogens with zero attached hydrogens (tertiary/aromatic N) is 2. The number of aldehydes is 1. The minimum atomic E-state index is 0.511. The molecule has 0 fully saturated rings. The average molecular weight is 300 g/mol. The first-order valence-corrected chi connectivity index (χ1v) is 8.43. The molecule has 3 nitrogen and oxygen atoms in total. The number of rotatable bonds is 5. The summed E-state index contributed by atoms with van der Waals surface area (Å²) < 4.78 is 2.06. The number of aryl methyl sites for hydroxylation is 1. The van der Waals surface area contributed by atoms with Gasteiger partial charge in [-0.3, -0.25) is 9.48 Å². The lowest BCUT2D eigenvalue weighted by Crippen LogP contribution is -2.16. The van der Waals surface area contributed by atoms with Gasteiger partial charge >= 0.3 is 0 Å². The van der Waals surface area contributed by atoms with Crippen LogP contribution in [0.4, 0.5) is 0 Å². The molecule has 1 unspecified atom stereocenters. The van der Waals surface area contributed by atoms with Crippen molar-refractivity contribution in [3.05, 3.63) is 46.8 Å². The Morgan fingerprint density at radius 3 is 2.81 bits per heavy atom. The van der Waals surface area contributed by atoms with Crippen LogP contribution < -0.4 is 0 Å². The van der Waals surface area contributed by atoms with Crippen molar-refractivity contribution in [3.63, 3.8) is 0 Å². The first-order valence-electron chi connectivity index (χ1n) is 7.55. The average Bonchev–Trinajstić information content (AvgIpc) is 3.06. The maximum absolute atomic E-state index is 11.3. The van der Waals surface area contributed by atoms with Gasteiger partial charge in [-0.2, -0.15) is 5.10 Å². The van der Waals surface area contributed by atoms with Gasteiger partial charge in [0, 0.05) is 15.8 Å². The highest BCUT2D eigenvalue weighted by atomic mass is 32.2. The van der Waals surface area contributed by atoms with Gasteiger partial charge in [-0.25, -0.2) is 0 Å². The number of hydrogen-bond acceptors (Lipinski definition) is 3. The molecule has 1 aromatic heterocycles. The van der Waals surface area contributed by atoms with Gasteiger partial charge in [-0.1, -0.05) is 32.0 Å².